The largest absolute Gasteiger partial charge is 0.386 e. The lowest BCUT2D eigenvalue weighted by Gasteiger charge is -2.30. The van der Waals surface area contributed by atoms with Gasteiger partial charge >= 0.3 is 71.6 Å². The third-order valence-electron chi connectivity index (χ3n) is 12.8. The summed E-state index contributed by atoms with van der Waals surface area (Å²) in [4.78, 5) is 159. The van der Waals surface area contributed by atoms with Gasteiger partial charge in [-0.3, -0.25) is 0 Å². The van der Waals surface area contributed by atoms with Crippen LogP contribution in [0.1, 0.15) is 88.8 Å². The van der Waals surface area contributed by atoms with Crippen LogP contribution in [0.4, 0.5) is 0 Å². The quantitative estimate of drug-likeness (QED) is 0.0687. The highest BCUT2D eigenvalue weighted by atomic mass is 16.6. The van der Waals surface area contributed by atoms with Crippen LogP contribution in [0.2, 0.25) is 0 Å². The van der Waals surface area contributed by atoms with Gasteiger partial charge in [-0.25, -0.2) is 57.5 Å². The van der Waals surface area contributed by atoms with E-state index in [2.05, 4.69) is 26.3 Å². The lowest BCUT2D eigenvalue weighted by Crippen LogP contribution is -2.13. The first-order valence-electron chi connectivity index (χ1n) is 22.7. The first-order valence-corrected chi connectivity index (χ1v) is 22.7. The molecule has 0 unspecified atom stereocenters. The van der Waals surface area contributed by atoms with E-state index < -0.39 is 71.6 Å². The van der Waals surface area contributed by atoms with Crippen molar-refractivity contribution >= 4 is 105 Å². The Kier molecular flexibility index (Phi) is 14.4. The van der Waals surface area contributed by atoms with Gasteiger partial charge in [0.2, 0.25) is 0 Å². The predicted octanol–water partition coefficient (Wildman–Crippen LogP) is 7.17. The van der Waals surface area contributed by atoms with Gasteiger partial charge in [0.25, 0.3) is 0 Å². The predicted molar refractivity (Wildman–Crippen MR) is 269 cm³/mol. The number of rotatable bonds is 16. The Morgan fingerprint density at radius 1 is 0.276 bits per heavy atom. The maximum absolute atomic E-state index is 13.6. The fourth-order valence-corrected chi connectivity index (χ4v) is 8.91. The van der Waals surface area contributed by atoms with E-state index in [9.17, 15) is 57.5 Å². The van der Waals surface area contributed by atoms with Gasteiger partial charge in [-0.05, 0) is 159 Å². The minimum Gasteiger partial charge on any atom is -0.386 e. The fourth-order valence-electron chi connectivity index (χ4n) is 8.91. The van der Waals surface area contributed by atoms with Crippen LogP contribution in [0.3, 0.4) is 0 Å². The maximum atomic E-state index is 13.6. The number of ether oxygens (including phenoxy) is 6. The smallest absolute Gasteiger partial charge is 0.346 e. The number of carbonyl (C=O) groups excluding carboxylic acids is 12. The highest BCUT2D eigenvalue weighted by Crippen LogP contribution is 2.50. The SMILES string of the molecule is C=CC1=C(/C=C(\C)c2c(/C(C)=C/C3=C(C=C)C(=O)OC3=O)c(/C(C=C)=C/C3=C(C)C(=O)OC3=O)c(/C(C)=C/C3=C(C)C(=O)OC3=O)c(/C(C)=C/C3=C(C)C(=O)OC3=O)c2/C(C=C)=C/C2=C(C)C(=O)OC2=O)C(=O)OC1=O. The molecular weight excluding hydrogens is 985 g/mol. The number of benzene rings is 1. The van der Waals surface area contributed by atoms with Crippen molar-refractivity contribution < 1.29 is 86.0 Å². The second-order valence-corrected chi connectivity index (χ2v) is 17.4. The number of esters is 12. The lowest BCUT2D eigenvalue weighted by atomic mass is 9.72. The molecule has 382 valence electrons. The number of carbonyl (C=O) groups is 12. The summed E-state index contributed by atoms with van der Waals surface area (Å²) in [6, 6.07) is 0. The third-order valence-corrected chi connectivity index (χ3v) is 12.8. The van der Waals surface area contributed by atoms with Crippen LogP contribution in [0.25, 0.3) is 33.4 Å². The molecule has 0 spiro atoms. The van der Waals surface area contributed by atoms with Crippen LogP contribution in [0.5, 0.6) is 0 Å². The molecule has 76 heavy (non-hydrogen) atoms. The first-order chi connectivity index (χ1) is 35.8. The summed E-state index contributed by atoms with van der Waals surface area (Å²) in [7, 11) is 0. The van der Waals surface area contributed by atoms with Gasteiger partial charge < -0.3 is 28.4 Å². The lowest BCUT2D eigenvalue weighted by molar-refractivity contribution is -0.152. The first kappa shape index (κ1) is 53.7. The van der Waals surface area contributed by atoms with E-state index in [4.69, 9.17) is 28.4 Å². The molecule has 0 saturated carbocycles. The van der Waals surface area contributed by atoms with Crippen LogP contribution in [-0.4, -0.2) is 71.6 Å². The van der Waals surface area contributed by atoms with E-state index >= 15 is 0 Å². The van der Waals surface area contributed by atoms with Crippen molar-refractivity contribution in [2.24, 2.45) is 0 Å². The van der Waals surface area contributed by atoms with E-state index in [1.807, 2.05) is 0 Å². The van der Waals surface area contributed by atoms with Gasteiger partial charge in [0.1, 0.15) is 0 Å². The molecule has 18 heteroatoms. The number of hydrogen-bond donors (Lipinski definition) is 0. The van der Waals surface area contributed by atoms with Crippen molar-refractivity contribution in [3.8, 4) is 0 Å². The van der Waals surface area contributed by atoms with Crippen molar-refractivity contribution in [3.05, 3.63) is 187 Å². The Labute approximate surface area is 432 Å². The van der Waals surface area contributed by atoms with E-state index in [0.717, 1.165) is 12.2 Å². The molecule has 1 aromatic carbocycles. The molecule has 0 aromatic heterocycles. The van der Waals surface area contributed by atoms with Gasteiger partial charge in [-0.15, -0.1) is 0 Å². The molecule has 1 aromatic rings. The molecule has 0 amide bonds. The Morgan fingerprint density at radius 3 is 0.684 bits per heavy atom. The van der Waals surface area contributed by atoms with Crippen molar-refractivity contribution in [3.63, 3.8) is 0 Å². The highest BCUT2D eigenvalue weighted by Gasteiger charge is 2.38. The minimum absolute atomic E-state index is 0.00296. The third kappa shape index (κ3) is 9.19. The standard InChI is InChI=1S/C58H42O18/c1-13-31(21-37-29(11)49(61)73-55(37)67)45-41(23(5)17-35-27(9)47(59)71-53(35)65)42(24(6)18-36-28(10)48(60)72-54(36)66)46(32(14-2)22-38-30(12)50(62)74-56(38)68)44(26(8)20-40-34(16-4)52(64)76-58(40)70)43(45)25(7)19-39-33(15-3)51(63)75-57(39)69/h13-22H,1-4H2,5-12H3/b23-17+,24-18+,25-19+,26-20+,31-21+,32-22+. The zero-order chi connectivity index (χ0) is 56.1. The maximum Gasteiger partial charge on any atom is 0.346 e. The van der Waals surface area contributed by atoms with Gasteiger partial charge in [0.05, 0.1) is 44.6 Å². The Bertz CT molecular complexity index is 3410. The Balaban J connectivity index is 1.92. The molecule has 0 atom stereocenters. The monoisotopic (exact) mass is 1030 g/mol. The molecule has 0 bridgehead atoms. The molecule has 0 N–H and O–H groups in total. The average Bonchev–Trinajstić information content (AvgIpc) is 4.12. The molecule has 0 fully saturated rings. The van der Waals surface area contributed by atoms with Crippen molar-refractivity contribution in [2.75, 3.05) is 0 Å². The summed E-state index contributed by atoms with van der Waals surface area (Å²) in [6.45, 7) is 26.8. The van der Waals surface area contributed by atoms with Crippen molar-refractivity contribution in [1.29, 1.82) is 0 Å². The second kappa shape index (κ2) is 20.4. The summed E-state index contributed by atoms with van der Waals surface area (Å²) >= 11 is 0. The van der Waals surface area contributed by atoms with E-state index in [1.54, 1.807) is 0 Å². The highest BCUT2D eigenvalue weighted by molar-refractivity contribution is 6.21. The molecule has 0 saturated heterocycles. The average molecular weight is 1030 g/mol. The van der Waals surface area contributed by atoms with Gasteiger partial charge in [-0.1, -0.05) is 50.6 Å². The zero-order valence-electron chi connectivity index (χ0n) is 42.0. The molecule has 18 nitrogen and oxygen atoms in total. The fraction of sp³-hybridized carbons (Fsp3) is 0.138. The number of allylic oxidation sites excluding steroid dienone is 8. The Morgan fingerprint density at radius 2 is 0.474 bits per heavy atom. The van der Waals surface area contributed by atoms with E-state index in [0.29, 0.717) is 0 Å². The van der Waals surface area contributed by atoms with E-state index in [1.165, 1.54) is 104 Å². The summed E-state index contributed by atoms with van der Waals surface area (Å²) in [5.74, 6) is -12.5. The summed E-state index contributed by atoms with van der Waals surface area (Å²) < 4.78 is 29.8. The van der Waals surface area contributed by atoms with Crippen LogP contribution in [0, 0.1) is 0 Å². The van der Waals surface area contributed by atoms with Crippen LogP contribution >= 0.6 is 0 Å². The molecule has 6 heterocycles. The normalized spacial score (nSPS) is 19.3. The molecule has 0 radical (unpaired) electrons. The second-order valence-electron chi connectivity index (χ2n) is 17.4. The molecular formula is C58H42O18. The van der Waals surface area contributed by atoms with Crippen LogP contribution in [-0.2, 0) is 86.0 Å². The molecule has 6 aliphatic heterocycles. The summed E-state index contributed by atoms with van der Waals surface area (Å²) in [5.41, 5.74) is -2.47. The summed E-state index contributed by atoms with van der Waals surface area (Å²) in [6.07, 6.45) is 12.4. The minimum atomic E-state index is -1.10. The number of hydrogen-bond acceptors (Lipinski definition) is 18. The topological polar surface area (TPSA) is 260 Å². The van der Waals surface area contributed by atoms with E-state index in [-0.39, 0.29) is 134 Å². The molecule has 0 aliphatic carbocycles. The van der Waals surface area contributed by atoms with Crippen molar-refractivity contribution in [1.82, 2.24) is 0 Å². The molecule has 7 rings (SSSR count). The van der Waals surface area contributed by atoms with Crippen LogP contribution in [0.15, 0.2) is 154 Å². The van der Waals surface area contributed by atoms with Gasteiger partial charge in [0, 0.05) is 22.3 Å². The van der Waals surface area contributed by atoms with Crippen molar-refractivity contribution in [2.45, 2.75) is 55.4 Å². The summed E-state index contributed by atoms with van der Waals surface area (Å²) in [5, 5.41) is 0. The number of cyclic esters (lactones) is 12. The van der Waals surface area contributed by atoms with Crippen LogP contribution < -0.4 is 0 Å². The zero-order valence-corrected chi connectivity index (χ0v) is 42.0. The molecule has 6 aliphatic rings. The van der Waals surface area contributed by atoms with Gasteiger partial charge in [-0.2, -0.15) is 0 Å². The Hall–Kier alpha value is -10.1. The van der Waals surface area contributed by atoms with Gasteiger partial charge in [0.15, 0.2) is 0 Å².